The molecule has 1 saturated heterocycles. The van der Waals surface area contributed by atoms with Gasteiger partial charge < -0.3 is 15.8 Å². The molecule has 13 heavy (non-hydrogen) atoms. The Morgan fingerprint density at radius 2 is 2.38 bits per heavy atom. The van der Waals surface area contributed by atoms with Crippen LogP contribution in [-0.2, 0) is 9.59 Å². The van der Waals surface area contributed by atoms with Crippen molar-refractivity contribution in [2.45, 2.75) is 13.0 Å². The van der Waals surface area contributed by atoms with Crippen LogP contribution < -0.4 is 11.1 Å². The Labute approximate surface area is 74.2 Å². The molecule has 0 aromatic carbocycles. The number of nitrogens with one attached hydrogen (secondary N) is 1. The van der Waals surface area contributed by atoms with Crippen LogP contribution >= 0.6 is 0 Å². The third-order valence-corrected chi connectivity index (χ3v) is 1.82. The first-order chi connectivity index (χ1) is 6.06. The van der Waals surface area contributed by atoms with Gasteiger partial charge in [-0.2, -0.15) is 0 Å². The van der Waals surface area contributed by atoms with E-state index in [2.05, 4.69) is 10.5 Å². The Hall–Kier alpha value is -1.79. The van der Waals surface area contributed by atoms with E-state index < -0.39 is 17.9 Å². The van der Waals surface area contributed by atoms with Crippen molar-refractivity contribution in [1.29, 1.82) is 0 Å². The third-order valence-electron chi connectivity index (χ3n) is 1.82. The molecule has 0 bridgehead atoms. The Balaban J connectivity index is 2.84. The molecule has 1 atom stereocenters. The molecule has 4 N–H and O–H groups in total. The largest absolute Gasteiger partial charge is 0.408 e. The zero-order chi connectivity index (χ0) is 10.0. The fourth-order valence-corrected chi connectivity index (χ4v) is 1.05. The molecule has 0 spiro atoms. The number of hydrogen-bond acceptors (Lipinski definition) is 4. The van der Waals surface area contributed by atoms with E-state index in [0.717, 1.165) is 0 Å². The fraction of sp³-hybridized carbons (Fsp3) is 0.500. The first-order valence-electron chi connectivity index (χ1n) is 3.64. The fourth-order valence-electron chi connectivity index (χ4n) is 1.05. The summed E-state index contributed by atoms with van der Waals surface area (Å²) in [5, 5.41) is 13.2. The number of carbonyl (C=O) groups is 2. The number of piperazine rings is 1. The molecule has 0 aromatic heterocycles. The van der Waals surface area contributed by atoms with Crippen LogP contribution in [0, 0.1) is 0 Å². The Bertz CT molecular complexity index is 275. The van der Waals surface area contributed by atoms with Crippen LogP contribution in [0.4, 0.5) is 0 Å². The van der Waals surface area contributed by atoms with Crippen LogP contribution in [-0.4, -0.2) is 40.5 Å². The van der Waals surface area contributed by atoms with Gasteiger partial charge in [-0.05, 0) is 6.92 Å². The molecule has 1 rings (SSSR count). The molecule has 0 aromatic rings. The number of amides is 2. The minimum absolute atomic E-state index is 0.0806. The molecule has 0 aliphatic carbocycles. The number of oxime groups is 1. The predicted octanol–water partition coefficient (Wildman–Crippen LogP) is -1.96. The summed E-state index contributed by atoms with van der Waals surface area (Å²) in [6.07, 6.45) is 0. The highest BCUT2D eigenvalue weighted by Crippen LogP contribution is 2.03. The summed E-state index contributed by atoms with van der Waals surface area (Å²) in [6.45, 7) is 1.47. The molecule has 1 aliphatic rings. The Morgan fingerprint density at radius 1 is 1.77 bits per heavy atom. The quantitative estimate of drug-likeness (QED) is 0.134. The molecule has 1 unspecified atom stereocenters. The Kier molecular flexibility index (Phi) is 2.36. The van der Waals surface area contributed by atoms with Gasteiger partial charge in [0.25, 0.3) is 0 Å². The minimum Gasteiger partial charge on any atom is -0.408 e. The van der Waals surface area contributed by atoms with Gasteiger partial charge >= 0.3 is 0 Å². The van der Waals surface area contributed by atoms with Crippen molar-refractivity contribution < 1.29 is 14.8 Å². The van der Waals surface area contributed by atoms with Gasteiger partial charge in [0.1, 0.15) is 12.6 Å². The molecule has 1 fully saturated rings. The summed E-state index contributed by atoms with van der Waals surface area (Å²) >= 11 is 0. The number of imide groups is 1. The SMILES string of the molecule is CC1C(=O)NC(=O)CN1C(N)=NO. The lowest BCUT2D eigenvalue weighted by Gasteiger charge is -2.31. The third kappa shape index (κ3) is 1.68. The number of hydrogen-bond donors (Lipinski definition) is 3. The molecule has 0 saturated carbocycles. The van der Waals surface area contributed by atoms with Gasteiger partial charge in [0.2, 0.25) is 17.8 Å². The van der Waals surface area contributed by atoms with Crippen LogP contribution in [0.15, 0.2) is 5.16 Å². The highest BCUT2D eigenvalue weighted by Gasteiger charge is 2.31. The van der Waals surface area contributed by atoms with Gasteiger partial charge in [-0.3, -0.25) is 14.9 Å². The smallest absolute Gasteiger partial charge is 0.249 e. The van der Waals surface area contributed by atoms with E-state index in [-0.39, 0.29) is 12.5 Å². The first kappa shape index (κ1) is 9.30. The van der Waals surface area contributed by atoms with Crippen molar-refractivity contribution in [3.05, 3.63) is 0 Å². The van der Waals surface area contributed by atoms with Crippen molar-refractivity contribution in [2.24, 2.45) is 10.9 Å². The van der Waals surface area contributed by atoms with Crippen LogP contribution in [0.25, 0.3) is 0 Å². The maximum Gasteiger partial charge on any atom is 0.249 e. The maximum absolute atomic E-state index is 11.1. The lowest BCUT2D eigenvalue weighted by atomic mass is 10.2. The van der Waals surface area contributed by atoms with E-state index in [4.69, 9.17) is 10.9 Å². The molecule has 7 nitrogen and oxygen atoms in total. The summed E-state index contributed by atoms with van der Waals surface area (Å²) in [7, 11) is 0. The van der Waals surface area contributed by atoms with Crippen LogP contribution in [0.1, 0.15) is 6.92 Å². The zero-order valence-corrected chi connectivity index (χ0v) is 7.02. The van der Waals surface area contributed by atoms with Crippen LogP contribution in [0.5, 0.6) is 0 Å². The van der Waals surface area contributed by atoms with E-state index in [9.17, 15) is 9.59 Å². The normalized spacial score (nSPS) is 24.5. The van der Waals surface area contributed by atoms with Crippen molar-refractivity contribution >= 4 is 17.8 Å². The average molecular weight is 186 g/mol. The topological polar surface area (TPSA) is 108 Å². The van der Waals surface area contributed by atoms with Crippen molar-refractivity contribution in [2.75, 3.05) is 6.54 Å². The molecule has 1 aliphatic heterocycles. The molecular weight excluding hydrogens is 176 g/mol. The van der Waals surface area contributed by atoms with E-state index in [0.29, 0.717) is 0 Å². The van der Waals surface area contributed by atoms with Crippen molar-refractivity contribution in [3.8, 4) is 0 Å². The van der Waals surface area contributed by atoms with E-state index in [1.807, 2.05) is 0 Å². The lowest BCUT2D eigenvalue weighted by Crippen LogP contribution is -2.60. The van der Waals surface area contributed by atoms with E-state index >= 15 is 0 Å². The lowest BCUT2D eigenvalue weighted by molar-refractivity contribution is -0.137. The summed E-state index contributed by atoms with van der Waals surface area (Å²) < 4.78 is 0. The van der Waals surface area contributed by atoms with Crippen LogP contribution in [0.3, 0.4) is 0 Å². The number of guanidine groups is 1. The van der Waals surface area contributed by atoms with E-state index in [1.54, 1.807) is 6.92 Å². The molecule has 1 heterocycles. The Morgan fingerprint density at radius 3 is 2.92 bits per heavy atom. The van der Waals surface area contributed by atoms with E-state index in [1.165, 1.54) is 4.90 Å². The molecule has 2 amide bonds. The van der Waals surface area contributed by atoms with Gasteiger partial charge in [0, 0.05) is 0 Å². The number of nitrogens with two attached hydrogens (primary N) is 1. The predicted molar refractivity (Wildman–Crippen MR) is 42.7 cm³/mol. The van der Waals surface area contributed by atoms with Gasteiger partial charge in [-0.15, -0.1) is 0 Å². The second-order valence-corrected chi connectivity index (χ2v) is 2.67. The molecule has 0 radical (unpaired) electrons. The standard InChI is InChI=1S/C6H10N4O3/c1-3-5(12)8-4(11)2-10(3)6(7)9-13/h3,13H,2H2,1H3,(H2,7,9)(H,8,11,12). The second kappa shape index (κ2) is 3.30. The van der Waals surface area contributed by atoms with Crippen LogP contribution in [0.2, 0.25) is 0 Å². The van der Waals surface area contributed by atoms with Gasteiger partial charge in [-0.25, -0.2) is 0 Å². The number of nitrogens with zero attached hydrogens (tertiary/aromatic N) is 2. The average Bonchev–Trinajstić information content (AvgIpc) is 2.10. The zero-order valence-electron chi connectivity index (χ0n) is 7.02. The first-order valence-corrected chi connectivity index (χ1v) is 3.64. The summed E-state index contributed by atoms with van der Waals surface area (Å²) in [6, 6.07) is -0.603. The highest BCUT2D eigenvalue weighted by atomic mass is 16.4. The summed E-state index contributed by atoms with van der Waals surface area (Å²) in [5.74, 6) is -1.16. The number of rotatable bonds is 0. The summed E-state index contributed by atoms with van der Waals surface area (Å²) in [4.78, 5) is 23.2. The number of carbonyl (C=O) groups excluding carboxylic acids is 2. The molecule has 7 heteroatoms. The van der Waals surface area contributed by atoms with Crippen molar-refractivity contribution in [1.82, 2.24) is 10.2 Å². The summed E-state index contributed by atoms with van der Waals surface area (Å²) in [5.41, 5.74) is 5.26. The van der Waals surface area contributed by atoms with Gasteiger partial charge in [-0.1, -0.05) is 5.16 Å². The van der Waals surface area contributed by atoms with Gasteiger partial charge in [0.15, 0.2) is 0 Å². The molecule has 72 valence electrons. The maximum atomic E-state index is 11.1. The minimum atomic E-state index is -0.603. The molecular formula is C6H10N4O3. The highest BCUT2D eigenvalue weighted by molar-refractivity contribution is 6.04. The van der Waals surface area contributed by atoms with Gasteiger partial charge in [0.05, 0.1) is 0 Å². The van der Waals surface area contributed by atoms with Crippen molar-refractivity contribution in [3.63, 3.8) is 0 Å². The monoisotopic (exact) mass is 186 g/mol. The second-order valence-electron chi connectivity index (χ2n) is 2.67.